The number of likely N-dealkylation sites (tertiary alicyclic amines) is 1. The van der Waals surface area contributed by atoms with E-state index in [1.807, 2.05) is 36.1 Å². The van der Waals surface area contributed by atoms with E-state index in [-0.39, 0.29) is 30.0 Å². The predicted molar refractivity (Wildman–Crippen MR) is 99.1 cm³/mol. The van der Waals surface area contributed by atoms with Gasteiger partial charge in [-0.05, 0) is 38.3 Å². The second-order valence-corrected chi connectivity index (χ2v) is 7.32. The molecule has 0 bridgehead atoms. The lowest BCUT2D eigenvalue weighted by molar-refractivity contribution is -0.137. The van der Waals surface area contributed by atoms with Crippen LogP contribution in [0.5, 0.6) is 0 Å². The van der Waals surface area contributed by atoms with Gasteiger partial charge in [0.05, 0.1) is 0 Å². The molecule has 1 aromatic heterocycles. The van der Waals surface area contributed by atoms with Gasteiger partial charge in [-0.1, -0.05) is 29.0 Å². The molecular weight excluding hydrogens is 352 g/mol. The largest absolute Gasteiger partial charge is 0.364 e. The van der Waals surface area contributed by atoms with Gasteiger partial charge >= 0.3 is 0 Å². The summed E-state index contributed by atoms with van der Waals surface area (Å²) in [6, 6.07) is 7.53. The molecule has 0 unspecified atom stereocenters. The van der Waals surface area contributed by atoms with E-state index >= 15 is 0 Å². The van der Waals surface area contributed by atoms with E-state index in [9.17, 15) is 9.59 Å². The van der Waals surface area contributed by atoms with Crippen LogP contribution in [0, 0.1) is 6.92 Å². The minimum Gasteiger partial charge on any atom is -0.364 e. The number of carbonyl (C=O) groups is 2. The number of hydrogen-bond acceptors (Lipinski definition) is 6. The third-order valence-electron chi connectivity index (χ3n) is 4.13. The highest BCUT2D eigenvalue weighted by Crippen LogP contribution is 2.15. The molecule has 2 aromatic rings. The Morgan fingerprint density at radius 1 is 1.15 bits per heavy atom. The quantitative estimate of drug-likeness (QED) is 0.840. The van der Waals surface area contributed by atoms with Crippen LogP contribution in [0.4, 0.5) is 5.69 Å². The van der Waals surface area contributed by atoms with Gasteiger partial charge in [-0.3, -0.25) is 9.59 Å². The first-order valence-electron chi connectivity index (χ1n) is 8.68. The van der Waals surface area contributed by atoms with Crippen LogP contribution in [0.2, 0.25) is 0 Å². The summed E-state index contributed by atoms with van der Waals surface area (Å²) >= 11 is 1.17. The molecule has 1 aliphatic rings. The molecular formula is C18H22N4O3S. The summed E-state index contributed by atoms with van der Waals surface area (Å²) in [5, 5.41) is 11.5. The maximum Gasteiger partial charge on any atom is 0.286 e. The predicted octanol–water partition coefficient (Wildman–Crippen LogP) is 2.63. The first-order valence-corrected chi connectivity index (χ1v) is 9.49. The molecule has 2 heterocycles. The molecule has 0 atom stereocenters. The molecule has 26 heavy (non-hydrogen) atoms. The standard InChI is InChI=1S/C18H22N4O3S/c1-13-5-7-14(8-6-13)19-17(24)18-21-20-15(26-18)11-25-12-16(23)22-9-3-2-4-10-22/h5-8H,2-4,9-12H2,1H3,(H,19,24). The molecule has 0 radical (unpaired) electrons. The zero-order valence-electron chi connectivity index (χ0n) is 14.7. The van der Waals surface area contributed by atoms with Gasteiger partial charge in [-0.15, -0.1) is 10.2 Å². The molecule has 1 aliphatic heterocycles. The number of nitrogens with one attached hydrogen (secondary N) is 1. The van der Waals surface area contributed by atoms with E-state index in [0.717, 1.165) is 31.5 Å². The van der Waals surface area contributed by atoms with Crippen LogP contribution in [0.3, 0.4) is 0 Å². The first kappa shape index (κ1) is 18.5. The fourth-order valence-electron chi connectivity index (χ4n) is 2.69. The van der Waals surface area contributed by atoms with Crippen LogP contribution in [0.25, 0.3) is 0 Å². The van der Waals surface area contributed by atoms with Crippen LogP contribution in [0.1, 0.15) is 39.6 Å². The van der Waals surface area contributed by atoms with Crippen molar-refractivity contribution in [1.82, 2.24) is 15.1 Å². The molecule has 138 valence electrons. The number of piperidine rings is 1. The molecule has 1 fully saturated rings. The number of benzene rings is 1. The Morgan fingerprint density at radius 2 is 1.88 bits per heavy atom. The third-order valence-corrected chi connectivity index (χ3v) is 5.03. The van der Waals surface area contributed by atoms with Crippen LogP contribution < -0.4 is 5.32 Å². The van der Waals surface area contributed by atoms with Crippen molar-refractivity contribution in [2.24, 2.45) is 0 Å². The normalized spacial score (nSPS) is 14.3. The number of rotatable bonds is 6. The van der Waals surface area contributed by atoms with E-state index in [4.69, 9.17) is 4.74 Å². The molecule has 1 aromatic carbocycles. The lowest BCUT2D eigenvalue weighted by atomic mass is 10.1. The molecule has 1 saturated heterocycles. The molecule has 0 saturated carbocycles. The van der Waals surface area contributed by atoms with E-state index < -0.39 is 0 Å². The van der Waals surface area contributed by atoms with Crippen LogP contribution >= 0.6 is 11.3 Å². The second-order valence-electron chi connectivity index (χ2n) is 6.26. The zero-order valence-corrected chi connectivity index (χ0v) is 15.6. The fourth-order valence-corrected chi connectivity index (χ4v) is 3.36. The summed E-state index contributed by atoms with van der Waals surface area (Å²) in [7, 11) is 0. The van der Waals surface area contributed by atoms with Crippen LogP contribution in [-0.4, -0.2) is 46.6 Å². The van der Waals surface area contributed by atoms with E-state index in [1.54, 1.807) is 0 Å². The average Bonchev–Trinajstić information content (AvgIpc) is 3.13. The molecule has 7 nitrogen and oxygen atoms in total. The SMILES string of the molecule is Cc1ccc(NC(=O)c2nnc(COCC(=O)N3CCCCC3)s2)cc1. The van der Waals surface area contributed by atoms with Crippen molar-refractivity contribution in [2.75, 3.05) is 25.0 Å². The van der Waals surface area contributed by atoms with E-state index in [2.05, 4.69) is 15.5 Å². The number of anilines is 1. The Labute approximate surface area is 156 Å². The van der Waals surface area contributed by atoms with Gasteiger partial charge in [0.25, 0.3) is 5.91 Å². The van der Waals surface area contributed by atoms with Crippen molar-refractivity contribution in [3.05, 3.63) is 39.8 Å². The average molecular weight is 374 g/mol. The number of aromatic nitrogens is 2. The maximum absolute atomic E-state index is 12.2. The van der Waals surface area contributed by atoms with Gasteiger partial charge in [0.15, 0.2) is 0 Å². The molecule has 8 heteroatoms. The monoisotopic (exact) mass is 374 g/mol. The topological polar surface area (TPSA) is 84.4 Å². The highest BCUT2D eigenvalue weighted by atomic mass is 32.1. The number of ether oxygens (including phenoxy) is 1. The van der Waals surface area contributed by atoms with Crippen LogP contribution in [-0.2, 0) is 16.1 Å². The smallest absolute Gasteiger partial charge is 0.286 e. The molecule has 3 rings (SSSR count). The minimum absolute atomic E-state index is 0.00607. The Kier molecular flexibility index (Phi) is 6.30. The third kappa shape index (κ3) is 5.09. The molecule has 0 spiro atoms. The lowest BCUT2D eigenvalue weighted by Gasteiger charge is -2.26. The summed E-state index contributed by atoms with van der Waals surface area (Å²) in [5.74, 6) is -0.298. The number of amides is 2. The van der Waals surface area contributed by atoms with Crippen molar-refractivity contribution in [2.45, 2.75) is 32.8 Å². The van der Waals surface area contributed by atoms with Gasteiger partial charge in [-0.25, -0.2) is 0 Å². The number of aryl methyl sites for hydroxylation is 1. The van der Waals surface area contributed by atoms with Crippen molar-refractivity contribution in [1.29, 1.82) is 0 Å². The number of carbonyl (C=O) groups excluding carboxylic acids is 2. The van der Waals surface area contributed by atoms with Gasteiger partial charge in [0.2, 0.25) is 10.9 Å². The highest BCUT2D eigenvalue weighted by Gasteiger charge is 2.17. The van der Waals surface area contributed by atoms with Crippen molar-refractivity contribution >= 4 is 28.8 Å². The van der Waals surface area contributed by atoms with E-state index in [0.29, 0.717) is 10.7 Å². The first-order chi connectivity index (χ1) is 12.6. The second kappa shape index (κ2) is 8.86. The summed E-state index contributed by atoms with van der Waals surface area (Å²) in [6.07, 6.45) is 3.30. The van der Waals surface area contributed by atoms with Crippen molar-refractivity contribution in [3.63, 3.8) is 0 Å². The summed E-state index contributed by atoms with van der Waals surface area (Å²) < 4.78 is 5.44. The van der Waals surface area contributed by atoms with Crippen molar-refractivity contribution < 1.29 is 14.3 Å². The van der Waals surface area contributed by atoms with Gasteiger partial charge in [-0.2, -0.15) is 0 Å². The van der Waals surface area contributed by atoms with Gasteiger partial charge in [0.1, 0.15) is 18.2 Å². The van der Waals surface area contributed by atoms with Crippen molar-refractivity contribution in [3.8, 4) is 0 Å². The summed E-state index contributed by atoms with van der Waals surface area (Å²) in [4.78, 5) is 26.1. The van der Waals surface area contributed by atoms with Crippen LogP contribution in [0.15, 0.2) is 24.3 Å². The Balaban J connectivity index is 1.45. The fraction of sp³-hybridized carbons (Fsp3) is 0.444. The summed E-state index contributed by atoms with van der Waals surface area (Å²) in [6.45, 7) is 3.81. The Hall–Kier alpha value is -2.32. The Bertz CT molecular complexity index is 754. The Morgan fingerprint density at radius 3 is 2.62 bits per heavy atom. The molecule has 2 amide bonds. The maximum atomic E-state index is 12.2. The lowest BCUT2D eigenvalue weighted by Crippen LogP contribution is -2.37. The highest BCUT2D eigenvalue weighted by molar-refractivity contribution is 7.13. The van der Waals surface area contributed by atoms with E-state index in [1.165, 1.54) is 17.8 Å². The number of hydrogen-bond donors (Lipinski definition) is 1. The zero-order chi connectivity index (χ0) is 18.4. The minimum atomic E-state index is -0.304. The van der Waals surface area contributed by atoms with Gasteiger partial charge < -0.3 is 15.0 Å². The molecule has 1 N–H and O–H groups in total. The summed E-state index contributed by atoms with van der Waals surface area (Å²) in [5.41, 5.74) is 1.83. The molecule has 0 aliphatic carbocycles. The number of nitrogens with zero attached hydrogens (tertiary/aromatic N) is 3. The van der Waals surface area contributed by atoms with Gasteiger partial charge in [0, 0.05) is 18.8 Å².